The molecular weight excluding hydrogens is 176 g/mol. The average Bonchev–Trinajstić information content (AvgIpc) is 1.52. The topological polar surface area (TPSA) is 78.3 Å². The molecule has 0 atom stereocenters. The molecule has 0 saturated carbocycles. The van der Waals surface area contributed by atoms with Crippen LogP contribution in [0.5, 0.6) is 0 Å². The summed E-state index contributed by atoms with van der Waals surface area (Å²) in [7, 11) is 0. The van der Waals surface area contributed by atoms with Crippen molar-refractivity contribution in [2.24, 2.45) is 11.5 Å². The van der Waals surface area contributed by atoms with Crippen molar-refractivity contribution in [3.05, 3.63) is 0 Å². The first kappa shape index (κ1) is 13.7. The maximum absolute atomic E-state index is 10.2. The number of hydrogen-bond donors (Lipinski definition) is 2. The van der Waals surface area contributed by atoms with Crippen LogP contribution in [0.3, 0.4) is 0 Å². The summed E-state index contributed by atoms with van der Waals surface area (Å²) in [6, 6.07) is 0. The summed E-state index contributed by atoms with van der Waals surface area (Å²) in [5.74, 6) is -0.225. The van der Waals surface area contributed by atoms with Crippen molar-refractivity contribution in [3.63, 3.8) is 0 Å². The minimum Gasteiger partial charge on any atom is -0.460 e. The Labute approximate surface area is 78.2 Å². The number of nitrogens with two attached hydrogens (primary N) is 2. The van der Waals surface area contributed by atoms with Gasteiger partial charge < -0.3 is 16.2 Å². The molecule has 4 N–H and O–H groups in total. The second-order valence-electron chi connectivity index (χ2n) is 3.11. The van der Waals surface area contributed by atoms with Gasteiger partial charge in [-0.05, 0) is 33.0 Å². The van der Waals surface area contributed by atoms with Crippen molar-refractivity contribution < 1.29 is 9.53 Å². The van der Waals surface area contributed by atoms with Gasteiger partial charge in [-0.1, -0.05) is 0 Å². The highest BCUT2D eigenvalue weighted by Gasteiger charge is 2.11. The number of carbonyl (C=O) groups is 1. The predicted octanol–water partition coefficient (Wildman–Crippen LogP) is 0.537. The van der Waals surface area contributed by atoms with Gasteiger partial charge in [0.15, 0.2) is 5.11 Å². The average molecular weight is 192 g/mol. The van der Waals surface area contributed by atoms with Gasteiger partial charge in [-0.25, -0.2) is 0 Å². The van der Waals surface area contributed by atoms with Gasteiger partial charge in [0, 0.05) is 6.92 Å². The molecule has 0 aromatic rings. The zero-order chi connectivity index (χ0) is 10.4. The van der Waals surface area contributed by atoms with Gasteiger partial charge in [0.1, 0.15) is 5.60 Å². The Bertz CT molecular complexity index is 159. The summed E-state index contributed by atoms with van der Waals surface area (Å²) in [5, 5.41) is 0.000000000000000222. The third-order valence-electron chi connectivity index (χ3n) is 0.450. The molecule has 0 rings (SSSR count). The van der Waals surface area contributed by atoms with E-state index in [-0.39, 0.29) is 16.7 Å². The van der Waals surface area contributed by atoms with Crippen LogP contribution < -0.4 is 11.5 Å². The van der Waals surface area contributed by atoms with Crippen LogP contribution in [0.2, 0.25) is 0 Å². The second kappa shape index (κ2) is 5.77. The van der Waals surface area contributed by atoms with E-state index in [2.05, 4.69) is 23.7 Å². The summed E-state index contributed by atoms with van der Waals surface area (Å²) in [6.07, 6.45) is 0. The summed E-state index contributed by atoms with van der Waals surface area (Å²) < 4.78 is 4.80. The first-order chi connectivity index (χ1) is 5.15. The normalized spacial score (nSPS) is 9.33. The molecule has 5 heteroatoms. The van der Waals surface area contributed by atoms with Gasteiger partial charge in [0.05, 0.1) is 0 Å². The zero-order valence-corrected chi connectivity index (χ0v) is 8.70. The van der Waals surface area contributed by atoms with Crippen LogP contribution in [-0.2, 0) is 9.53 Å². The van der Waals surface area contributed by atoms with E-state index in [4.69, 9.17) is 4.74 Å². The van der Waals surface area contributed by atoms with Crippen LogP contribution >= 0.6 is 12.2 Å². The monoisotopic (exact) mass is 192 g/mol. The maximum atomic E-state index is 10.2. The van der Waals surface area contributed by atoms with Gasteiger partial charge in [-0.2, -0.15) is 0 Å². The van der Waals surface area contributed by atoms with Gasteiger partial charge in [-0.15, -0.1) is 0 Å². The molecule has 0 bridgehead atoms. The molecule has 0 amide bonds. The fraction of sp³-hybridized carbons (Fsp3) is 0.714. The van der Waals surface area contributed by atoms with Crippen LogP contribution in [0, 0.1) is 0 Å². The zero-order valence-electron chi connectivity index (χ0n) is 7.88. The van der Waals surface area contributed by atoms with E-state index >= 15 is 0 Å². The van der Waals surface area contributed by atoms with E-state index in [1.807, 2.05) is 20.8 Å². The van der Waals surface area contributed by atoms with Gasteiger partial charge in [0.25, 0.3) is 0 Å². The third kappa shape index (κ3) is 35.2. The third-order valence-corrected chi connectivity index (χ3v) is 0.450. The second-order valence-corrected chi connectivity index (χ2v) is 3.58. The minimum absolute atomic E-state index is 0.000000000000000222. The van der Waals surface area contributed by atoms with Crippen LogP contribution in [0.15, 0.2) is 0 Å². The summed E-state index contributed by atoms with van der Waals surface area (Å²) in [4.78, 5) is 10.2. The number of esters is 1. The molecule has 0 radical (unpaired) electrons. The van der Waals surface area contributed by atoms with Crippen molar-refractivity contribution in [2.75, 3.05) is 0 Å². The molecule has 4 nitrogen and oxygen atoms in total. The fourth-order valence-electron chi connectivity index (χ4n) is 0.431. The van der Waals surface area contributed by atoms with E-state index < -0.39 is 0 Å². The molecule has 0 spiro atoms. The molecule has 0 aromatic heterocycles. The summed E-state index contributed by atoms with van der Waals surface area (Å²) >= 11 is 4.09. The molecule has 0 aromatic carbocycles. The minimum atomic E-state index is -0.328. The van der Waals surface area contributed by atoms with Gasteiger partial charge in [0.2, 0.25) is 0 Å². The van der Waals surface area contributed by atoms with Gasteiger partial charge in [-0.3, -0.25) is 4.79 Å². The lowest BCUT2D eigenvalue weighted by Crippen LogP contribution is -2.21. The lowest BCUT2D eigenvalue weighted by Gasteiger charge is -2.17. The van der Waals surface area contributed by atoms with Crippen molar-refractivity contribution in [1.29, 1.82) is 0 Å². The number of ether oxygens (including phenoxy) is 1. The van der Waals surface area contributed by atoms with Crippen LogP contribution in [0.4, 0.5) is 0 Å². The van der Waals surface area contributed by atoms with E-state index in [1.165, 1.54) is 6.92 Å². The Morgan fingerprint density at radius 2 is 1.58 bits per heavy atom. The number of thiocarbonyl (C=S) groups is 1. The SMILES string of the molecule is CC(=O)OC(C)(C)C.NC(N)=S. The standard InChI is InChI=1S/C6H12O2.CH4N2S/c1-5(7)8-6(2,3)4;2-1(3)4/h1-4H3;(H4,2,3,4). The highest BCUT2D eigenvalue weighted by molar-refractivity contribution is 7.80. The van der Waals surface area contributed by atoms with Crippen molar-refractivity contribution in [2.45, 2.75) is 33.3 Å². The molecule has 72 valence electrons. The Balaban J connectivity index is 0. The molecular formula is C7H16N2O2S. The lowest BCUT2D eigenvalue weighted by atomic mass is 10.2. The van der Waals surface area contributed by atoms with Crippen molar-refractivity contribution in [3.8, 4) is 0 Å². The lowest BCUT2D eigenvalue weighted by molar-refractivity contribution is -0.151. The van der Waals surface area contributed by atoms with Gasteiger partial charge >= 0.3 is 5.97 Å². The highest BCUT2D eigenvalue weighted by atomic mass is 32.1. The van der Waals surface area contributed by atoms with E-state index in [9.17, 15) is 4.79 Å². The molecule has 0 unspecified atom stereocenters. The van der Waals surface area contributed by atoms with E-state index in [1.54, 1.807) is 0 Å². The number of hydrogen-bond acceptors (Lipinski definition) is 3. The van der Waals surface area contributed by atoms with Crippen molar-refractivity contribution >= 4 is 23.3 Å². The predicted molar refractivity (Wildman–Crippen MR) is 52.5 cm³/mol. The highest BCUT2D eigenvalue weighted by Crippen LogP contribution is 2.05. The first-order valence-electron chi connectivity index (χ1n) is 3.39. The molecule has 12 heavy (non-hydrogen) atoms. The Morgan fingerprint density at radius 3 is 1.58 bits per heavy atom. The first-order valence-corrected chi connectivity index (χ1v) is 3.80. The Kier molecular flexibility index (Phi) is 6.60. The Morgan fingerprint density at radius 1 is 1.33 bits per heavy atom. The molecule has 0 heterocycles. The fourth-order valence-corrected chi connectivity index (χ4v) is 0.431. The number of rotatable bonds is 0. The van der Waals surface area contributed by atoms with Crippen molar-refractivity contribution in [1.82, 2.24) is 0 Å². The van der Waals surface area contributed by atoms with E-state index in [0.717, 1.165) is 0 Å². The summed E-state index contributed by atoms with van der Waals surface area (Å²) in [6.45, 7) is 6.93. The molecule has 0 aliphatic carbocycles. The maximum Gasteiger partial charge on any atom is 0.303 e. The molecule has 0 fully saturated rings. The number of carbonyl (C=O) groups excluding carboxylic acids is 1. The smallest absolute Gasteiger partial charge is 0.303 e. The molecule has 0 saturated heterocycles. The molecule has 0 aliphatic heterocycles. The largest absolute Gasteiger partial charge is 0.460 e. The molecule has 0 aliphatic rings. The Hall–Kier alpha value is -0.840. The quantitative estimate of drug-likeness (QED) is 0.432. The van der Waals surface area contributed by atoms with Crippen LogP contribution in [0.25, 0.3) is 0 Å². The van der Waals surface area contributed by atoms with Crippen LogP contribution in [0.1, 0.15) is 27.7 Å². The van der Waals surface area contributed by atoms with E-state index in [0.29, 0.717) is 0 Å². The van der Waals surface area contributed by atoms with Crippen LogP contribution in [-0.4, -0.2) is 16.7 Å². The summed E-state index contributed by atoms with van der Waals surface area (Å²) in [5.41, 5.74) is 8.91.